The smallest absolute Gasteiger partial charge is 0.405 e. The minimum absolute atomic E-state index is 0.116. The van der Waals surface area contributed by atoms with Crippen LogP contribution in [0.5, 0.6) is 5.75 Å². The van der Waals surface area contributed by atoms with Crippen LogP contribution in [0, 0.1) is 0 Å². The number of benzene rings is 1. The van der Waals surface area contributed by atoms with E-state index in [-0.39, 0.29) is 19.6 Å². The lowest BCUT2D eigenvalue weighted by atomic mass is 10.1. The molecular formula is C24H37F3N2O5. The highest BCUT2D eigenvalue weighted by Crippen LogP contribution is 2.15. The van der Waals surface area contributed by atoms with Crippen LogP contribution in [-0.2, 0) is 16.0 Å². The van der Waals surface area contributed by atoms with Gasteiger partial charge in [-0.25, -0.2) is 9.59 Å². The zero-order valence-corrected chi connectivity index (χ0v) is 20.0. The number of amides is 2. The molecule has 1 unspecified atom stereocenters. The van der Waals surface area contributed by atoms with Crippen LogP contribution in [0.3, 0.4) is 0 Å². The Hall–Kier alpha value is -2.49. The number of carbonyl (C=O) groups excluding carboxylic acids is 1. The molecule has 0 spiro atoms. The van der Waals surface area contributed by atoms with Crippen LogP contribution in [0.2, 0.25) is 0 Å². The van der Waals surface area contributed by atoms with Gasteiger partial charge < -0.3 is 24.8 Å². The highest BCUT2D eigenvalue weighted by Gasteiger charge is 2.28. The molecule has 0 heterocycles. The van der Waals surface area contributed by atoms with Crippen LogP contribution in [-0.4, -0.2) is 67.1 Å². The van der Waals surface area contributed by atoms with E-state index in [9.17, 15) is 27.9 Å². The fourth-order valence-corrected chi connectivity index (χ4v) is 3.31. The van der Waals surface area contributed by atoms with Crippen molar-refractivity contribution >= 4 is 12.0 Å². The second-order valence-corrected chi connectivity index (χ2v) is 8.01. The minimum Gasteiger partial charge on any atom is -0.492 e. The maximum Gasteiger partial charge on any atom is 0.405 e. The lowest BCUT2D eigenvalue weighted by Gasteiger charge is -2.23. The summed E-state index contributed by atoms with van der Waals surface area (Å²) >= 11 is 0. The number of carboxylic acids is 1. The third kappa shape index (κ3) is 13.3. The van der Waals surface area contributed by atoms with Gasteiger partial charge in [-0.15, -0.1) is 0 Å². The summed E-state index contributed by atoms with van der Waals surface area (Å²) in [6.45, 7) is 3.38. The second-order valence-electron chi connectivity index (χ2n) is 8.01. The van der Waals surface area contributed by atoms with Gasteiger partial charge in [0.1, 0.15) is 18.9 Å². The van der Waals surface area contributed by atoms with Crippen molar-refractivity contribution in [2.24, 2.45) is 0 Å². The molecule has 0 radical (unpaired) electrons. The predicted octanol–water partition coefficient (Wildman–Crippen LogP) is 5.03. The van der Waals surface area contributed by atoms with Crippen molar-refractivity contribution in [1.82, 2.24) is 10.2 Å². The maximum absolute atomic E-state index is 12.5. The number of aliphatic carboxylic acids is 1. The molecule has 1 aromatic rings. The Morgan fingerprint density at radius 3 is 2.26 bits per heavy atom. The van der Waals surface area contributed by atoms with Gasteiger partial charge in [0.2, 0.25) is 0 Å². The topological polar surface area (TPSA) is 88.1 Å². The molecule has 0 aromatic heterocycles. The number of nitrogens with one attached hydrogen (secondary N) is 1. The zero-order valence-electron chi connectivity index (χ0n) is 20.0. The van der Waals surface area contributed by atoms with Crippen LogP contribution in [0.1, 0.15) is 57.9 Å². The average molecular weight is 491 g/mol. The standard InChI is InChI=1S/C24H37F3N2O5/c1-3-5-6-7-8-9-14-29(23(32)28-18-24(25,26)27)15-16-34-20-12-10-19(11-13-20)17-21(22(30)31)33-4-2/h10-13,21H,3-9,14-18H2,1-2H3,(H,28,32)(H,30,31). The number of halogens is 3. The summed E-state index contributed by atoms with van der Waals surface area (Å²) in [7, 11) is 0. The van der Waals surface area contributed by atoms with Crippen molar-refractivity contribution in [3.63, 3.8) is 0 Å². The molecule has 0 saturated carbocycles. The minimum atomic E-state index is -4.47. The molecular weight excluding hydrogens is 453 g/mol. The molecule has 10 heteroatoms. The molecule has 0 saturated heterocycles. The predicted molar refractivity (Wildman–Crippen MR) is 123 cm³/mol. The summed E-state index contributed by atoms with van der Waals surface area (Å²) in [5.74, 6) is -0.515. The Kier molecular flexibility index (Phi) is 14.1. The number of carboxylic acid groups (broad SMARTS) is 1. The van der Waals surface area contributed by atoms with E-state index in [0.717, 1.165) is 37.7 Å². The van der Waals surface area contributed by atoms with Crippen molar-refractivity contribution in [3.8, 4) is 5.75 Å². The highest BCUT2D eigenvalue weighted by molar-refractivity contribution is 5.74. The molecule has 0 aliphatic rings. The number of nitrogens with zero attached hydrogens (tertiary/aromatic N) is 1. The van der Waals surface area contributed by atoms with Gasteiger partial charge in [-0.1, -0.05) is 51.2 Å². The quantitative estimate of drug-likeness (QED) is 0.299. The van der Waals surface area contributed by atoms with Gasteiger partial charge in [0.05, 0.1) is 6.54 Å². The van der Waals surface area contributed by atoms with Crippen molar-refractivity contribution in [2.45, 2.75) is 71.1 Å². The molecule has 7 nitrogen and oxygen atoms in total. The van der Waals surface area contributed by atoms with Crippen molar-refractivity contribution < 1.29 is 37.3 Å². The first-order chi connectivity index (χ1) is 16.2. The number of rotatable bonds is 17. The van der Waals surface area contributed by atoms with E-state index in [1.165, 1.54) is 4.90 Å². The fraction of sp³-hybridized carbons (Fsp3) is 0.667. The first kappa shape index (κ1) is 29.5. The Morgan fingerprint density at radius 1 is 1.03 bits per heavy atom. The van der Waals surface area contributed by atoms with E-state index in [4.69, 9.17) is 9.47 Å². The molecule has 0 fully saturated rings. The lowest BCUT2D eigenvalue weighted by molar-refractivity contribution is -0.150. The molecule has 0 aliphatic carbocycles. The largest absolute Gasteiger partial charge is 0.492 e. The van der Waals surface area contributed by atoms with Crippen LogP contribution in [0.25, 0.3) is 0 Å². The normalized spacial score (nSPS) is 12.3. The number of carbonyl (C=O) groups is 2. The second kappa shape index (κ2) is 16.2. The number of alkyl halides is 3. The summed E-state index contributed by atoms with van der Waals surface area (Å²) in [6, 6.07) is 6.06. The number of hydrogen-bond acceptors (Lipinski definition) is 4. The van der Waals surface area contributed by atoms with Gasteiger partial charge >= 0.3 is 18.2 Å². The molecule has 1 aromatic carbocycles. The number of urea groups is 1. The summed E-state index contributed by atoms with van der Waals surface area (Å²) in [5.41, 5.74) is 0.768. The van der Waals surface area contributed by atoms with E-state index in [1.54, 1.807) is 31.2 Å². The van der Waals surface area contributed by atoms with Gasteiger partial charge in [-0.3, -0.25) is 0 Å². The Labute approximate surface area is 199 Å². The van der Waals surface area contributed by atoms with Crippen LogP contribution < -0.4 is 10.1 Å². The number of hydrogen-bond donors (Lipinski definition) is 2. The Bertz CT molecular complexity index is 714. The molecule has 0 bridgehead atoms. The van der Waals surface area contributed by atoms with Gasteiger partial charge in [-0.2, -0.15) is 13.2 Å². The fourth-order valence-electron chi connectivity index (χ4n) is 3.31. The number of unbranched alkanes of at least 4 members (excludes halogenated alkanes) is 5. The average Bonchev–Trinajstić information content (AvgIpc) is 2.78. The van der Waals surface area contributed by atoms with Crippen molar-refractivity contribution in [3.05, 3.63) is 29.8 Å². The Balaban J connectivity index is 2.56. The van der Waals surface area contributed by atoms with Crippen molar-refractivity contribution in [2.75, 3.05) is 32.8 Å². The highest BCUT2D eigenvalue weighted by atomic mass is 19.4. The van der Waals surface area contributed by atoms with Gasteiger partial charge in [-0.05, 0) is 31.0 Å². The van der Waals surface area contributed by atoms with Gasteiger partial charge in [0.15, 0.2) is 6.10 Å². The molecule has 1 atom stereocenters. The maximum atomic E-state index is 12.5. The first-order valence-electron chi connectivity index (χ1n) is 11.8. The summed E-state index contributed by atoms with van der Waals surface area (Å²) in [6.07, 6.45) is 0.835. The number of ether oxygens (including phenoxy) is 2. The van der Waals surface area contributed by atoms with E-state index in [2.05, 4.69) is 6.92 Å². The summed E-state index contributed by atoms with van der Waals surface area (Å²) < 4.78 is 48.3. The zero-order chi connectivity index (χ0) is 25.4. The van der Waals surface area contributed by atoms with Crippen LogP contribution >= 0.6 is 0 Å². The summed E-state index contributed by atoms with van der Waals surface area (Å²) in [5, 5.41) is 11.1. The molecule has 1 rings (SSSR count). The van der Waals surface area contributed by atoms with Gasteiger partial charge in [0.25, 0.3) is 0 Å². The van der Waals surface area contributed by atoms with E-state index < -0.39 is 30.8 Å². The van der Waals surface area contributed by atoms with E-state index >= 15 is 0 Å². The molecule has 0 aliphatic heterocycles. The summed E-state index contributed by atoms with van der Waals surface area (Å²) in [4.78, 5) is 24.8. The van der Waals surface area contributed by atoms with Crippen molar-refractivity contribution in [1.29, 1.82) is 0 Å². The molecule has 194 valence electrons. The first-order valence-corrected chi connectivity index (χ1v) is 11.8. The lowest BCUT2D eigenvalue weighted by Crippen LogP contribution is -2.45. The SMILES string of the molecule is CCCCCCCCN(CCOc1ccc(CC(OCC)C(=O)O)cc1)C(=O)NCC(F)(F)F. The molecule has 34 heavy (non-hydrogen) atoms. The van der Waals surface area contributed by atoms with E-state index in [1.807, 2.05) is 5.32 Å². The third-order valence-electron chi connectivity index (χ3n) is 5.13. The monoisotopic (exact) mass is 490 g/mol. The van der Waals surface area contributed by atoms with Crippen LogP contribution in [0.4, 0.5) is 18.0 Å². The third-order valence-corrected chi connectivity index (χ3v) is 5.13. The Morgan fingerprint density at radius 2 is 1.68 bits per heavy atom. The molecule has 2 N–H and O–H groups in total. The molecule has 2 amide bonds. The van der Waals surface area contributed by atoms with Crippen LogP contribution in [0.15, 0.2) is 24.3 Å². The van der Waals surface area contributed by atoms with E-state index in [0.29, 0.717) is 25.3 Å². The van der Waals surface area contributed by atoms with Gasteiger partial charge in [0, 0.05) is 19.6 Å².